The number of nitro benzene ring substituents is 1. The number of alkyl halides is 1. The van der Waals surface area contributed by atoms with Gasteiger partial charge in [-0.1, -0.05) is 15.9 Å². The van der Waals surface area contributed by atoms with Gasteiger partial charge in [0.15, 0.2) is 0 Å². The lowest BCUT2D eigenvalue weighted by atomic mass is 10.0. The Morgan fingerprint density at radius 1 is 1.53 bits per heavy atom. The van der Waals surface area contributed by atoms with E-state index < -0.39 is 10.9 Å². The molecule has 0 atom stereocenters. The molecule has 0 unspecified atom stereocenters. The first-order chi connectivity index (χ1) is 9.03. The highest BCUT2D eigenvalue weighted by atomic mass is 79.9. The van der Waals surface area contributed by atoms with Gasteiger partial charge in [0.05, 0.1) is 29.6 Å². The zero-order valence-corrected chi connectivity index (χ0v) is 11.8. The number of nitro groups is 1. The molecule has 1 rings (SSSR count). The summed E-state index contributed by atoms with van der Waals surface area (Å²) in [5, 5.41) is 20.2. The van der Waals surface area contributed by atoms with Gasteiger partial charge < -0.3 is 4.74 Å². The minimum atomic E-state index is -0.535. The average Bonchev–Trinajstić information content (AvgIpc) is 2.38. The first-order valence-electron chi connectivity index (χ1n) is 5.45. The number of nitriles is 1. The maximum atomic E-state index is 11.4. The Kier molecular flexibility index (Phi) is 5.45. The second kappa shape index (κ2) is 6.85. The molecule has 0 radical (unpaired) electrons. The molecule has 1 aromatic rings. The summed E-state index contributed by atoms with van der Waals surface area (Å²) in [6.07, 6.45) is -0.153. The zero-order chi connectivity index (χ0) is 14.4. The van der Waals surface area contributed by atoms with Crippen molar-refractivity contribution in [3.63, 3.8) is 0 Å². The van der Waals surface area contributed by atoms with Crippen molar-refractivity contribution in [3.05, 3.63) is 38.9 Å². The van der Waals surface area contributed by atoms with Crippen LogP contribution in [-0.2, 0) is 21.3 Å². The molecule has 0 aliphatic heterocycles. The number of benzene rings is 1. The van der Waals surface area contributed by atoms with Gasteiger partial charge in [-0.2, -0.15) is 5.26 Å². The van der Waals surface area contributed by atoms with Gasteiger partial charge in [0.25, 0.3) is 5.69 Å². The lowest BCUT2D eigenvalue weighted by Crippen LogP contribution is -2.09. The summed E-state index contributed by atoms with van der Waals surface area (Å²) in [6, 6.07) is 4.61. The SMILES string of the molecule is CCOC(=O)Cc1cc([N+](=O)[O-])c(CBr)cc1C#N. The summed E-state index contributed by atoms with van der Waals surface area (Å²) >= 11 is 3.13. The van der Waals surface area contributed by atoms with E-state index in [2.05, 4.69) is 15.9 Å². The van der Waals surface area contributed by atoms with Crippen molar-refractivity contribution in [1.82, 2.24) is 0 Å². The highest BCUT2D eigenvalue weighted by molar-refractivity contribution is 9.08. The van der Waals surface area contributed by atoms with E-state index in [4.69, 9.17) is 10.00 Å². The van der Waals surface area contributed by atoms with E-state index in [1.54, 1.807) is 6.92 Å². The monoisotopic (exact) mass is 326 g/mol. The topological polar surface area (TPSA) is 93.2 Å². The zero-order valence-electron chi connectivity index (χ0n) is 10.2. The Balaban J connectivity index is 3.23. The predicted molar refractivity (Wildman–Crippen MR) is 70.8 cm³/mol. The molecule has 0 spiro atoms. The Morgan fingerprint density at radius 2 is 2.21 bits per heavy atom. The van der Waals surface area contributed by atoms with Crippen LogP contribution in [0.4, 0.5) is 5.69 Å². The molecular formula is C12H11BrN2O4. The van der Waals surface area contributed by atoms with Gasteiger partial charge in [-0.3, -0.25) is 14.9 Å². The molecule has 0 saturated heterocycles. The van der Waals surface area contributed by atoms with Crippen LogP contribution in [0.3, 0.4) is 0 Å². The smallest absolute Gasteiger partial charge is 0.310 e. The van der Waals surface area contributed by atoms with E-state index >= 15 is 0 Å². The fourth-order valence-corrected chi connectivity index (χ4v) is 2.02. The Hall–Kier alpha value is -1.94. The molecule has 100 valence electrons. The third kappa shape index (κ3) is 3.76. The van der Waals surface area contributed by atoms with Crippen LogP contribution in [0, 0.1) is 21.4 Å². The molecule has 0 saturated carbocycles. The molecule has 0 bridgehead atoms. The highest BCUT2D eigenvalue weighted by Gasteiger charge is 2.19. The van der Waals surface area contributed by atoms with Crippen molar-refractivity contribution >= 4 is 27.6 Å². The van der Waals surface area contributed by atoms with E-state index in [9.17, 15) is 14.9 Å². The van der Waals surface area contributed by atoms with E-state index in [1.165, 1.54) is 12.1 Å². The summed E-state index contributed by atoms with van der Waals surface area (Å²) in [7, 11) is 0. The summed E-state index contributed by atoms with van der Waals surface area (Å²) in [5.74, 6) is -0.514. The average molecular weight is 327 g/mol. The summed E-state index contributed by atoms with van der Waals surface area (Å²) < 4.78 is 4.77. The molecule has 6 nitrogen and oxygen atoms in total. The maximum Gasteiger partial charge on any atom is 0.310 e. The van der Waals surface area contributed by atoms with Crippen molar-refractivity contribution in [3.8, 4) is 6.07 Å². The number of carbonyl (C=O) groups is 1. The van der Waals surface area contributed by atoms with E-state index in [1.807, 2.05) is 6.07 Å². The first kappa shape index (κ1) is 15.1. The van der Waals surface area contributed by atoms with E-state index in [-0.39, 0.29) is 29.6 Å². The van der Waals surface area contributed by atoms with Crippen LogP contribution >= 0.6 is 15.9 Å². The molecule has 1 aromatic carbocycles. The lowest BCUT2D eigenvalue weighted by molar-refractivity contribution is -0.385. The number of halogens is 1. The Bertz CT molecular complexity index is 551. The van der Waals surface area contributed by atoms with E-state index in [0.717, 1.165) is 0 Å². The quantitative estimate of drug-likeness (QED) is 0.358. The van der Waals surface area contributed by atoms with Gasteiger partial charge in [0.2, 0.25) is 0 Å². The summed E-state index contributed by atoms with van der Waals surface area (Å²) in [5.41, 5.74) is 0.829. The van der Waals surface area contributed by atoms with Gasteiger partial charge in [0, 0.05) is 17.0 Å². The number of hydrogen-bond acceptors (Lipinski definition) is 5. The second-order valence-electron chi connectivity index (χ2n) is 3.62. The van der Waals surface area contributed by atoms with Crippen LogP contribution in [0.2, 0.25) is 0 Å². The molecule has 7 heteroatoms. The molecule has 0 fully saturated rings. The normalized spacial score (nSPS) is 9.74. The Labute approximate surface area is 118 Å². The number of hydrogen-bond donors (Lipinski definition) is 0. The molecule has 0 amide bonds. The molecule has 0 aromatic heterocycles. The van der Waals surface area contributed by atoms with Gasteiger partial charge >= 0.3 is 5.97 Å². The van der Waals surface area contributed by atoms with Crippen LogP contribution in [0.15, 0.2) is 12.1 Å². The standard InChI is InChI=1S/C12H11BrN2O4/c1-2-19-12(16)5-8-4-11(15(17)18)9(6-13)3-10(8)7-14/h3-4H,2,5-6H2,1H3. The first-order valence-corrected chi connectivity index (χ1v) is 6.57. The second-order valence-corrected chi connectivity index (χ2v) is 4.18. The van der Waals surface area contributed by atoms with Crippen LogP contribution in [0.25, 0.3) is 0 Å². The van der Waals surface area contributed by atoms with Crippen molar-refractivity contribution < 1.29 is 14.5 Å². The molecule has 0 aliphatic rings. The number of carbonyl (C=O) groups excluding carboxylic acids is 1. The number of nitrogens with zero attached hydrogens (tertiary/aromatic N) is 2. The van der Waals surface area contributed by atoms with Crippen LogP contribution in [0.5, 0.6) is 0 Å². The van der Waals surface area contributed by atoms with Crippen LogP contribution < -0.4 is 0 Å². The number of ether oxygens (including phenoxy) is 1. The van der Waals surface area contributed by atoms with Gasteiger partial charge in [-0.15, -0.1) is 0 Å². The fraction of sp³-hybridized carbons (Fsp3) is 0.333. The summed E-state index contributed by atoms with van der Waals surface area (Å²) in [4.78, 5) is 21.8. The molecular weight excluding hydrogens is 316 g/mol. The van der Waals surface area contributed by atoms with Gasteiger partial charge in [-0.05, 0) is 18.6 Å². The van der Waals surface area contributed by atoms with E-state index in [0.29, 0.717) is 11.1 Å². The largest absolute Gasteiger partial charge is 0.466 e. The van der Waals surface area contributed by atoms with Crippen LogP contribution in [0.1, 0.15) is 23.6 Å². The van der Waals surface area contributed by atoms with Crippen molar-refractivity contribution in [2.75, 3.05) is 6.61 Å². The molecule has 0 N–H and O–H groups in total. The third-order valence-corrected chi connectivity index (χ3v) is 3.01. The Morgan fingerprint density at radius 3 is 2.68 bits per heavy atom. The highest BCUT2D eigenvalue weighted by Crippen LogP contribution is 2.26. The van der Waals surface area contributed by atoms with Crippen molar-refractivity contribution in [2.45, 2.75) is 18.7 Å². The predicted octanol–water partition coefficient (Wildman–Crippen LogP) is 2.47. The third-order valence-electron chi connectivity index (χ3n) is 2.41. The minimum Gasteiger partial charge on any atom is -0.466 e. The molecule has 0 aliphatic carbocycles. The molecule has 19 heavy (non-hydrogen) atoms. The summed E-state index contributed by atoms with van der Waals surface area (Å²) in [6.45, 7) is 1.89. The number of esters is 1. The lowest BCUT2D eigenvalue weighted by Gasteiger charge is -2.06. The van der Waals surface area contributed by atoms with Gasteiger partial charge in [0.1, 0.15) is 0 Å². The van der Waals surface area contributed by atoms with Crippen molar-refractivity contribution in [2.24, 2.45) is 0 Å². The van der Waals surface area contributed by atoms with Crippen LogP contribution in [-0.4, -0.2) is 17.5 Å². The molecule has 0 heterocycles. The van der Waals surface area contributed by atoms with Gasteiger partial charge in [-0.25, -0.2) is 0 Å². The number of rotatable bonds is 5. The maximum absolute atomic E-state index is 11.4. The van der Waals surface area contributed by atoms with Crippen molar-refractivity contribution in [1.29, 1.82) is 5.26 Å². The fourth-order valence-electron chi connectivity index (χ4n) is 1.57. The minimum absolute atomic E-state index is 0.116.